The number of ether oxygens (including phenoxy) is 1. The average Bonchev–Trinajstić information content (AvgIpc) is 2.45. The summed E-state index contributed by atoms with van der Waals surface area (Å²) in [5, 5.41) is 1.04. The van der Waals surface area contributed by atoms with Crippen LogP contribution in [0.5, 0.6) is 10.8 Å². The maximum absolute atomic E-state index is 12.9. The summed E-state index contributed by atoms with van der Waals surface area (Å²) in [6.45, 7) is 1.79. The van der Waals surface area contributed by atoms with Gasteiger partial charge in [0.05, 0.1) is 5.69 Å². The van der Waals surface area contributed by atoms with Gasteiger partial charge >= 0.3 is 0 Å². The van der Waals surface area contributed by atoms with Crippen molar-refractivity contribution in [3.8, 4) is 10.8 Å². The van der Waals surface area contributed by atoms with Crippen LogP contribution in [0.2, 0.25) is 0 Å². The van der Waals surface area contributed by atoms with Crippen LogP contribution in [0.4, 0.5) is 9.52 Å². The van der Waals surface area contributed by atoms with Crippen molar-refractivity contribution in [2.24, 2.45) is 0 Å². The molecule has 0 bridgehead atoms. The van der Waals surface area contributed by atoms with Crippen LogP contribution in [-0.2, 0) is 0 Å². The van der Waals surface area contributed by atoms with Crippen LogP contribution in [0, 0.1) is 12.7 Å². The number of anilines is 1. The van der Waals surface area contributed by atoms with E-state index >= 15 is 0 Å². The molecule has 2 N–H and O–H groups in total. The molecule has 15 heavy (non-hydrogen) atoms. The van der Waals surface area contributed by atoms with Gasteiger partial charge in [0.1, 0.15) is 11.6 Å². The Morgan fingerprint density at radius 2 is 2.27 bits per heavy atom. The van der Waals surface area contributed by atoms with Crippen molar-refractivity contribution in [3.05, 3.63) is 35.8 Å². The van der Waals surface area contributed by atoms with Gasteiger partial charge in [0.25, 0.3) is 0 Å². The van der Waals surface area contributed by atoms with E-state index in [2.05, 4.69) is 4.98 Å². The fourth-order valence-corrected chi connectivity index (χ4v) is 1.84. The lowest BCUT2D eigenvalue weighted by Gasteiger charge is -2.02. The third-order valence-corrected chi connectivity index (χ3v) is 2.64. The third kappa shape index (κ3) is 2.24. The number of thiazole rings is 1. The van der Waals surface area contributed by atoms with Crippen molar-refractivity contribution in [2.45, 2.75) is 6.92 Å². The lowest BCUT2D eigenvalue weighted by atomic mass is 10.3. The Labute approximate surface area is 90.3 Å². The molecule has 0 spiro atoms. The molecule has 2 rings (SSSR count). The van der Waals surface area contributed by atoms with Crippen molar-refractivity contribution >= 4 is 16.5 Å². The minimum absolute atomic E-state index is 0.331. The van der Waals surface area contributed by atoms with E-state index < -0.39 is 0 Å². The largest absolute Gasteiger partial charge is 0.445 e. The van der Waals surface area contributed by atoms with Crippen LogP contribution in [0.25, 0.3) is 0 Å². The Morgan fingerprint density at radius 1 is 1.47 bits per heavy atom. The molecule has 3 nitrogen and oxygen atoms in total. The molecule has 0 saturated heterocycles. The van der Waals surface area contributed by atoms with Crippen LogP contribution < -0.4 is 10.5 Å². The van der Waals surface area contributed by atoms with Gasteiger partial charge in [-0.05, 0) is 19.1 Å². The van der Waals surface area contributed by atoms with Gasteiger partial charge in [-0.25, -0.2) is 9.37 Å². The van der Waals surface area contributed by atoms with Crippen LogP contribution in [-0.4, -0.2) is 4.98 Å². The number of aryl methyl sites for hydroxylation is 1. The molecule has 0 unspecified atom stereocenters. The lowest BCUT2D eigenvalue weighted by molar-refractivity contribution is 0.485. The highest BCUT2D eigenvalue weighted by Crippen LogP contribution is 2.32. The van der Waals surface area contributed by atoms with Crippen molar-refractivity contribution in [1.82, 2.24) is 4.98 Å². The van der Waals surface area contributed by atoms with Gasteiger partial charge in [-0.1, -0.05) is 17.4 Å². The molecule has 0 atom stereocenters. The van der Waals surface area contributed by atoms with Crippen molar-refractivity contribution < 1.29 is 9.13 Å². The Kier molecular flexibility index (Phi) is 2.55. The summed E-state index contributed by atoms with van der Waals surface area (Å²) in [5.74, 6) is 0.115. The molecule has 0 aliphatic rings. The molecule has 78 valence electrons. The molecule has 0 saturated carbocycles. The summed E-state index contributed by atoms with van der Waals surface area (Å²) >= 11 is 1.24. The fraction of sp³-hybridized carbons (Fsp3) is 0.100. The zero-order valence-corrected chi connectivity index (χ0v) is 8.84. The van der Waals surface area contributed by atoms with Crippen molar-refractivity contribution in [2.75, 3.05) is 5.73 Å². The van der Waals surface area contributed by atoms with Gasteiger partial charge in [0, 0.05) is 6.07 Å². The molecule has 1 heterocycles. The molecule has 0 aliphatic heterocycles. The number of nitrogens with zero attached hydrogens (tertiary/aromatic N) is 1. The average molecular weight is 224 g/mol. The van der Waals surface area contributed by atoms with Crippen LogP contribution in [0.3, 0.4) is 0 Å². The lowest BCUT2D eigenvalue weighted by Crippen LogP contribution is -1.84. The predicted molar refractivity (Wildman–Crippen MR) is 57.7 cm³/mol. The number of aromatic nitrogens is 1. The van der Waals surface area contributed by atoms with E-state index in [0.29, 0.717) is 21.6 Å². The Morgan fingerprint density at radius 3 is 2.87 bits per heavy atom. The quantitative estimate of drug-likeness (QED) is 0.853. The number of nitrogen functional groups attached to an aromatic ring is 1. The van der Waals surface area contributed by atoms with E-state index in [1.165, 1.54) is 23.5 Å². The fourth-order valence-electron chi connectivity index (χ4n) is 1.13. The maximum atomic E-state index is 12.9. The Hall–Kier alpha value is -1.62. The molecule has 0 aliphatic carbocycles. The van der Waals surface area contributed by atoms with E-state index in [1.54, 1.807) is 19.1 Å². The van der Waals surface area contributed by atoms with Crippen molar-refractivity contribution in [3.63, 3.8) is 0 Å². The van der Waals surface area contributed by atoms with Crippen LogP contribution >= 0.6 is 11.3 Å². The van der Waals surface area contributed by atoms with Crippen LogP contribution in [0.15, 0.2) is 24.3 Å². The summed E-state index contributed by atoms with van der Waals surface area (Å²) in [5.41, 5.74) is 6.23. The molecule has 5 heteroatoms. The molecule has 2 aromatic rings. The first kappa shape index (κ1) is 9.92. The number of benzene rings is 1. The van der Waals surface area contributed by atoms with E-state index in [9.17, 15) is 4.39 Å². The zero-order valence-electron chi connectivity index (χ0n) is 8.03. The van der Waals surface area contributed by atoms with Gasteiger partial charge in [0.2, 0.25) is 5.06 Å². The highest BCUT2D eigenvalue weighted by atomic mass is 32.1. The number of nitrogens with two attached hydrogens (primary N) is 1. The summed E-state index contributed by atoms with van der Waals surface area (Å²) in [4.78, 5) is 4.01. The Balaban J connectivity index is 2.25. The summed E-state index contributed by atoms with van der Waals surface area (Å²) in [6, 6.07) is 5.94. The highest BCUT2D eigenvalue weighted by Gasteiger charge is 2.07. The van der Waals surface area contributed by atoms with Gasteiger partial charge in [-0.15, -0.1) is 0 Å². The first-order chi connectivity index (χ1) is 7.15. The number of hydrogen-bond acceptors (Lipinski definition) is 4. The highest BCUT2D eigenvalue weighted by molar-refractivity contribution is 7.17. The van der Waals surface area contributed by atoms with E-state index in [4.69, 9.17) is 10.5 Å². The van der Waals surface area contributed by atoms with Crippen molar-refractivity contribution in [1.29, 1.82) is 0 Å². The topological polar surface area (TPSA) is 48.1 Å². The summed E-state index contributed by atoms with van der Waals surface area (Å²) in [6.07, 6.45) is 0. The number of halogens is 1. The van der Waals surface area contributed by atoms with E-state index in [-0.39, 0.29) is 5.82 Å². The molecule has 0 radical (unpaired) electrons. The van der Waals surface area contributed by atoms with E-state index in [1.807, 2.05) is 0 Å². The van der Waals surface area contributed by atoms with Gasteiger partial charge < -0.3 is 10.5 Å². The summed E-state index contributed by atoms with van der Waals surface area (Å²) in [7, 11) is 0. The zero-order chi connectivity index (χ0) is 10.8. The second kappa shape index (κ2) is 3.86. The second-order valence-electron chi connectivity index (χ2n) is 2.98. The molecular formula is C10H9FN2OS. The standard InChI is InChI=1S/C10H9FN2OS/c1-6-9(15-10(12)13-6)14-8-4-2-3-7(11)5-8/h2-5H,1H3,(H2,12,13). The monoisotopic (exact) mass is 224 g/mol. The minimum atomic E-state index is -0.331. The number of hydrogen-bond donors (Lipinski definition) is 1. The van der Waals surface area contributed by atoms with Gasteiger partial charge in [-0.3, -0.25) is 0 Å². The molecule has 0 amide bonds. The molecule has 1 aromatic heterocycles. The normalized spacial score (nSPS) is 10.3. The maximum Gasteiger partial charge on any atom is 0.205 e. The Bertz CT molecular complexity index is 484. The predicted octanol–water partition coefficient (Wildman–Crippen LogP) is 2.97. The second-order valence-corrected chi connectivity index (χ2v) is 3.98. The van der Waals surface area contributed by atoms with E-state index in [0.717, 1.165) is 0 Å². The van der Waals surface area contributed by atoms with Gasteiger partial charge in [-0.2, -0.15) is 0 Å². The van der Waals surface area contributed by atoms with Crippen LogP contribution in [0.1, 0.15) is 5.69 Å². The number of rotatable bonds is 2. The third-order valence-electron chi connectivity index (χ3n) is 1.78. The minimum Gasteiger partial charge on any atom is -0.445 e. The molecular weight excluding hydrogens is 215 g/mol. The smallest absolute Gasteiger partial charge is 0.205 e. The first-order valence-corrected chi connectivity index (χ1v) is 5.13. The summed E-state index contributed by atoms with van der Waals surface area (Å²) < 4.78 is 18.3. The van der Waals surface area contributed by atoms with Gasteiger partial charge in [0.15, 0.2) is 5.13 Å². The SMILES string of the molecule is Cc1nc(N)sc1Oc1cccc(F)c1. The first-order valence-electron chi connectivity index (χ1n) is 4.31. The molecule has 1 aromatic carbocycles. The molecule has 0 fully saturated rings.